The number of anilines is 1. The highest BCUT2D eigenvalue weighted by Gasteiger charge is 2.19. The van der Waals surface area contributed by atoms with E-state index in [1.807, 2.05) is 13.0 Å². The Morgan fingerprint density at radius 2 is 2.05 bits per heavy atom. The van der Waals surface area contributed by atoms with Crippen LogP contribution in [0, 0.1) is 10.5 Å². The van der Waals surface area contributed by atoms with E-state index in [1.165, 1.54) is 6.07 Å². The second-order valence-corrected chi connectivity index (χ2v) is 9.61. The molecular weight excluding hydrogens is 485 g/mol. The SMILES string of the molecule is Cc1ccc(NS(=O)(=O)c2cc(Cl)c(Br)s2)cc1I. The average Bonchev–Trinajstić information content (AvgIpc) is 2.65. The van der Waals surface area contributed by atoms with Crippen molar-refractivity contribution in [2.45, 2.75) is 11.1 Å². The van der Waals surface area contributed by atoms with Crippen LogP contribution in [0.15, 0.2) is 32.3 Å². The van der Waals surface area contributed by atoms with Crippen LogP contribution in [0.2, 0.25) is 5.02 Å². The highest BCUT2D eigenvalue weighted by atomic mass is 127. The Labute approximate surface area is 142 Å². The second-order valence-electron chi connectivity index (χ2n) is 3.76. The van der Waals surface area contributed by atoms with Crippen molar-refractivity contribution in [3.05, 3.63) is 42.2 Å². The van der Waals surface area contributed by atoms with E-state index in [9.17, 15) is 8.42 Å². The molecular formula is C11H8BrClINO2S2. The van der Waals surface area contributed by atoms with E-state index in [1.54, 1.807) is 12.1 Å². The van der Waals surface area contributed by atoms with E-state index in [4.69, 9.17) is 11.6 Å². The molecule has 2 aromatic rings. The van der Waals surface area contributed by atoms with Gasteiger partial charge in [0.15, 0.2) is 0 Å². The zero-order valence-corrected chi connectivity index (χ0v) is 15.7. The molecule has 1 aromatic heterocycles. The summed E-state index contributed by atoms with van der Waals surface area (Å²) in [6, 6.07) is 6.83. The van der Waals surface area contributed by atoms with Crippen LogP contribution in [0.5, 0.6) is 0 Å². The molecule has 0 unspecified atom stereocenters. The molecule has 0 fully saturated rings. The molecule has 1 heterocycles. The van der Waals surface area contributed by atoms with Crippen molar-refractivity contribution in [1.82, 2.24) is 0 Å². The van der Waals surface area contributed by atoms with E-state index < -0.39 is 10.0 Å². The highest BCUT2D eigenvalue weighted by molar-refractivity contribution is 14.1. The van der Waals surface area contributed by atoms with Gasteiger partial charge in [-0.25, -0.2) is 8.42 Å². The zero-order valence-electron chi connectivity index (χ0n) is 9.58. The molecule has 0 aliphatic carbocycles. The molecule has 19 heavy (non-hydrogen) atoms. The number of aryl methyl sites for hydroxylation is 1. The largest absolute Gasteiger partial charge is 0.279 e. The number of benzene rings is 1. The lowest BCUT2D eigenvalue weighted by molar-refractivity contribution is 0.603. The molecule has 0 saturated carbocycles. The quantitative estimate of drug-likeness (QED) is 0.621. The smallest absolute Gasteiger partial charge is 0.271 e. The topological polar surface area (TPSA) is 46.2 Å². The Balaban J connectivity index is 2.33. The predicted octanol–water partition coefficient (Wildman–Crippen LogP) is 4.88. The van der Waals surface area contributed by atoms with Crippen molar-refractivity contribution in [3.63, 3.8) is 0 Å². The lowest BCUT2D eigenvalue weighted by Crippen LogP contribution is -2.11. The number of hydrogen-bond acceptors (Lipinski definition) is 3. The summed E-state index contributed by atoms with van der Waals surface area (Å²) in [5, 5.41) is 0.392. The van der Waals surface area contributed by atoms with Crippen LogP contribution < -0.4 is 4.72 Å². The third-order valence-electron chi connectivity index (χ3n) is 2.31. The molecule has 0 atom stereocenters. The third-order valence-corrected chi connectivity index (χ3v) is 7.80. The van der Waals surface area contributed by atoms with Gasteiger partial charge in [0.2, 0.25) is 0 Å². The van der Waals surface area contributed by atoms with Gasteiger partial charge in [-0.2, -0.15) is 0 Å². The molecule has 0 spiro atoms. The molecule has 0 bridgehead atoms. The Hall–Kier alpha value is 0.170. The van der Waals surface area contributed by atoms with E-state index >= 15 is 0 Å². The van der Waals surface area contributed by atoms with E-state index in [2.05, 4.69) is 43.2 Å². The summed E-state index contributed by atoms with van der Waals surface area (Å²) >= 11 is 12.3. The first kappa shape index (κ1) is 15.6. The number of hydrogen-bond donors (Lipinski definition) is 1. The molecule has 1 N–H and O–H groups in total. The van der Waals surface area contributed by atoms with E-state index in [0.29, 0.717) is 14.5 Å². The van der Waals surface area contributed by atoms with Gasteiger partial charge < -0.3 is 0 Å². The maximum Gasteiger partial charge on any atom is 0.271 e. The number of sulfonamides is 1. The van der Waals surface area contributed by atoms with Crippen molar-refractivity contribution in [2.24, 2.45) is 0 Å². The lowest BCUT2D eigenvalue weighted by Gasteiger charge is -2.07. The van der Waals surface area contributed by atoms with Crippen LogP contribution in [0.25, 0.3) is 0 Å². The molecule has 0 saturated heterocycles. The Morgan fingerprint density at radius 1 is 1.37 bits per heavy atom. The van der Waals surface area contributed by atoms with E-state index in [-0.39, 0.29) is 4.21 Å². The average molecular weight is 493 g/mol. The van der Waals surface area contributed by atoms with Crippen LogP contribution in [0.1, 0.15) is 5.56 Å². The molecule has 0 aliphatic rings. The van der Waals surface area contributed by atoms with Crippen molar-refractivity contribution < 1.29 is 8.42 Å². The molecule has 0 aliphatic heterocycles. The van der Waals surface area contributed by atoms with Crippen LogP contribution in [-0.4, -0.2) is 8.42 Å². The van der Waals surface area contributed by atoms with Crippen LogP contribution in [0.4, 0.5) is 5.69 Å². The van der Waals surface area contributed by atoms with Crippen LogP contribution in [-0.2, 0) is 10.0 Å². The van der Waals surface area contributed by atoms with Gasteiger partial charge in [-0.05, 0) is 69.2 Å². The van der Waals surface area contributed by atoms with Crippen molar-refractivity contribution in [3.8, 4) is 0 Å². The van der Waals surface area contributed by atoms with Gasteiger partial charge in [0.25, 0.3) is 10.0 Å². The number of rotatable bonds is 3. The normalized spacial score (nSPS) is 11.6. The molecule has 102 valence electrons. The summed E-state index contributed by atoms with van der Waals surface area (Å²) < 4.78 is 28.7. The summed E-state index contributed by atoms with van der Waals surface area (Å²) in [5.74, 6) is 0. The predicted molar refractivity (Wildman–Crippen MR) is 91.7 cm³/mol. The second kappa shape index (κ2) is 5.88. The van der Waals surface area contributed by atoms with Gasteiger partial charge in [-0.3, -0.25) is 4.72 Å². The van der Waals surface area contributed by atoms with Crippen molar-refractivity contribution in [1.29, 1.82) is 0 Å². The molecule has 1 aromatic carbocycles. The van der Waals surface area contributed by atoms with Gasteiger partial charge in [0.1, 0.15) is 4.21 Å². The minimum Gasteiger partial charge on any atom is -0.279 e. The molecule has 8 heteroatoms. The fourth-order valence-electron chi connectivity index (χ4n) is 1.32. The zero-order chi connectivity index (χ0) is 14.2. The van der Waals surface area contributed by atoms with Crippen molar-refractivity contribution in [2.75, 3.05) is 4.72 Å². The Kier molecular flexibility index (Phi) is 4.82. The van der Waals surface area contributed by atoms with E-state index in [0.717, 1.165) is 20.5 Å². The summed E-state index contributed by atoms with van der Waals surface area (Å²) in [6.45, 7) is 1.97. The minimum absolute atomic E-state index is 0.181. The van der Waals surface area contributed by atoms with Gasteiger partial charge >= 0.3 is 0 Å². The first-order valence-corrected chi connectivity index (χ1v) is 9.58. The maximum atomic E-state index is 12.2. The van der Waals surface area contributed by atoms with Gasteiger partial charge in [-0.1, -0.05) is 17.7 Å². The van der Waals surface area contributed by atoms with Gasteiger partial charge in [0, 0.05) is 9.26 Å². The fourth-order valence-corrected chi connectivity index (χ4v) is 5.28. The fraction of sp³-hybridized carbons (Fsp3) is 0.0909. The third kappa shape index (κ3) is 3.63. The van der Waals surface area contributed by atoms with Crippen LogP contribution >= 0.6 is 61.5 Å². The minimum atomic E-state index is -3.59. The standard InChI is InChI=1S/C11H8BrClINO2S2/c1-6-2-3-7(4-9(6)14)15-19(16,17)10-5-8(13)11(12)18-10/h2-5,15H,1H3. The molecule has 3 nitrogen and oxygen atoms in total. The van der Waals surface area contributed by atoms with Crippen LogP contribution in [0.3, 0.4) is 0 Å². The molecule has 0 radical (unpaired) electrons. The summed E-state index contributed by atoms with van der Waals surface area (Å²) in [4.78, 5) is 0. The Morgan fingerprint density at radius 3 is 2.58 bits per heavy atom. The monoisotopic (exact) mass is 491 g/mol. The first-order valence-electron chi connectivity index (χ1n) is 5.03. The maximum absolute atomic E-state index is 12.2. The molecule has 2 rings (SSSR count). The summed E-state index contributed by atoms with van der Waals surface area (Å²) in [7, 11) is -3.59. The first-order chi connectivity index (χ1) is 8.79. The number of halogens is 3. The number of nitrogens with one attached hydrogen (secondary N) is 1. The molecule has 0 amide bonds. The number of thiophene rings is 1. The highest BCUT2D eigenvalue weighted by Crippen LogP contribution is 2.35. The van der Waals surface area contributed by atoms with Gasteiger partial charge in [0.05, 0.1) is 8.81 Å². The van der Waals surface area contributed by atoms with Crippen molar-refractivity contribution >= 4 is 77.2 Å². The van der Waals surface area contributed by atoms with Gasteiger partial charge in [-0.15, -0.1) is 11.3 Å². The summed E-state index contributed by atoms with van der Waals surface area (Å²) in [5.41, 5.74) is 1.64. The Bertz CT molecular complexity index is 711. The lowest BCUT2D eigenvalue weighted by atomic mass is 10.2. The summed E-state index contributed by atoms with van der Waals surface area (Å²) in [6.07, 6.45) is 0.